The molecule has 3 rings (SSSR count). The number of carbonyl (C=O) groups is 1. The average Bonchev–Trinajstić information content (AvgIpc) is 2.83. The Kier molecular flexibility index (Phi) is 2.94. The second kappa shape index (κ2) is 4.78. The Morgan fingerprint density at radius 3 is 2.76 bits per heavy atom. The van der Waals surface area contributed by atoms with Crippen molar-refractivity contribution in [1.29, 1.82) is 0 Å². The van der Waals surface area contributed by atoms with Crippen LogP contribution >= 0.6 is 0 Å². The lowest BCUT2D eigenvalue weighted by Crippen LogP contribution is -2.16. The zero-order valence-electron chi connectivity index (χ0n) is 11.3. The first-order chi connectivity index (χ1) is 10.0. The van der Waals surface area contributed by atoms with Gasteiger partial charge in [-0.05, 0) is 31.2 Å². The van der Waals surface area contributed by atoms with Crippen molar-refractivity contribution >= 4 is 22.9 Å². The van der Waals surface area contributed by atoms with E-state index in [0.717, 1.165) is 0 Å². The fourth-order valence-electron chi connectivity index (χ4n) is 2.06. The summed E-state index contributed by atoms with van der Waals surface area (Å²) >= 11 is 0. The Bertz CT molecular complexity index is 877. The third-order valence-corrected chi connectivity index (χ3v) is 3.18. The zero-order valence-corrected chi connectivity index (χ0v) is 11.3. The minimum Gasteiger partial charge on any atom is -0.399 e. The van der Waals surface area contributed by atoms with Crippen molar-refractivity contribution in [3.8, 4) is 0 Å². The van der Waals surface area contributed by atoms with Gasteiger partial charge in [0.1, 0.15) is 0 Å². The first-order valence-corrected chi connectivity index (χ1v) is 6.29. The molecule has 0 aliphatic carbocycles. The number of aryl methyl sites for hydroxylation is 1. The van der Waals surface area contributed by atoms with Crippen molar-refractivity contribution in [3.05, 3.63) is 58.1 Å². The van der Waals surface area contributed by atoms with Crippen LogP contribution in [0, 0.1) is 6.92 Å². The van der Waals surface area contributed by atoms with E-state index in [0.29, 0.717) is 28.3 Å². The number of aromatic amines is 1. The number of nitrogens with one attached hydrogen (secondary N) is 2. The van der Waals surface area contributed by atoms with Gasteiger partial charge in [0.2, 0.25) is 0 Å². The molecule has 2 aromatic heterocycles. The molecule has 0 aliphatic heterocycles. The Balaban J connectivity index is 1.96. The number of aromatic nitrogens is 3. The molecule has 21 heavy (non-hydrogen) atoms. The molecule has 0 fully saturated rings. The third-order valence-electron chi connectivity index (χ3n) is 3.18. The normalized spacial score (nSPS) is 10.7. The maximum atomic E-state index is 12.3. The maximum absolute atomic E-state index is 12.3. The third kappa shape index (κ3) is 2.36. The van der Waals surface area contributed by atoms with Crippen LogP contribution in [-0.4, -0.2) is 20.5 Å². The number of hydrogen-bond acceptors (Lipinski definition) is 4. The smallest absolute Gasteiger partial charge is 0.266 e. The van der Waals surface area contributed by atoms with Gasteiger partial charge in [-0.2, -0.15) is 0 Å². The molecule has 0 spiro atoms. The van der Waals surface area contributed by atoms with Crippen LogP contribution in [0.4, 0.5) is 11.4 Å². The molecule has 1 aromatic carbocycles. The first kappa shape index (κ1) is 12.9. The number of fused-ring (bicyclic) bond motifs is 1. The topological polar surface area (TPSA) is 105 Å². The molecule has 4 N–H and O–H groups in total. The predicted octanol–water partition coefficient (Wildman–Crippen LogP) is 1.17. The van der Waals surface area contributed by atoms with E-state index in [9.17, 15) is 9.59 Å². The second-order valence-corrected chi connectivity index (χ2v) is 4.65. The number of benzene rings is 1. The number of nitrogen functional groups attached to an aromatic ring is 1. The van der Waals surface area contributed by atoms with E-state index in [1.165, 1.54) is 16.8 Å². The summed E-state index contributed by atoms with van der Waals surface area (Å²) in [4.78, 5) is 27.7. The monoisotopic (exact) mass is 283 g/mol. The molecule has 7 heteroatoms. The molecule has 7 nitrogen and oxygen atoms in total. The van der Waals surface area contributed by atoms with Crippen molar-refractivity contribution < 1.29 is 4.79 Å². The van der Waals surface area contributed by atoms with Gasteiger partial charge in [-0.15, -0.1) is 0 Å². The van der Waals surface area contributed by atoms with Crippen LogP contribution in [0.15, 0.2) is 41.3 Å². The molecule has 0 radical (unpaired) electrons. The van der Waals surface area contributed by atoms with E-state index in [2.05, 4.69) is 15.4 Å². The number of carbonyl (C=O) groups excluding carboxylic acids is 1. The number of hydrogen-bond donors (Lipinski definition) is 3. The maximum Gasteiger partial charge on any atom is 0.266 e. The molecular weight excluding hydrogens is 270 g/mol. The Hall–Kier alpha value is -3.09. The summed E-state index contributed by atoms with van der Waals surface area (Å²) in [5.74, 6) is -0.304. The molecular formula is C14H13N5O2. The van der Waals surface area contributed by atoms with Crippen LogP contribution in [0.2, 0.25) is 0 Å². The lowest BCUT2D eigenvalue weighted by atomic mass is 10.2. The number of nitrogens with zero attached hydrogens (tertiary/aromatic N) is 2. The standard InChI is InChI=1S/C14H13N5O2/c1-8-11(7-16-12-6-13(20)18-19(8)12)14(21)17-10-4-2-9(15)3-5-10/h2-7H,15H2,1H3,(H,17,21)(H,18,20). The van der Waals surface area contributed by atoms with Crippen molar-refractivity contribution in [2.24, 2.45) is 0 Å². The van der Waals surface area contributed by atoms with Gasteiger partial charge in [0.05, 0.1) is 11.3 Å². The molecule has 0 bridgehead atoms. The van der Waals surface area contributed by atoms with Crippen LogP contribution in [-0.2, 0) is 0 Å². The lowest BCUT2D eigenvalue weighted by Gasteiger charge is -2.09. The minimum atomic E-state index is -0.304. The van der Waals surface area contributed by atoms with Crippen LogP contribution in [0.25, 0.3) is 5.65 Å². The van der Waals surface area contributed by atoms with Gasteiger partial charge >= 0.3 is 0 Å². The molecule has 3 aromatic rings. The average molecular weight is 283 g/mol. The summed E-state index contributed by atoms with van der Waals surface area (Å²) in [7, 11) is 0. The van der Waals surface area contributed by atoms with E-state index in [1.54, 1.807) is 31.2 Å². The fraction of sp³-hybridized carbons (Fsp3) is 0.0714. The molecule has 0 aliphatic rings. The Labute approximate surface area is 119 Å². The predicted molar refractivity (Wildman–Crippen MR) is 79.4 cm³/mol. The molecule has 1 amide bonds. The molecule has 0 atom stereocenters. The van der Waals surface area contributed by atoms with E-state index in [4.69, 9.17) is 5.73 Å². The van der Waals surface area contributed by atoms with Crippen LogP contribution in [0.1, 0.15) is 16.1 Å². The summed E-state index contributed by atoms with van der Waals surface area (Å²) in [5, 5.41) is 5.35. The number of amides is 1. The van der Waals surface area contributed by atoms with Crippen molar-refractivity contribution in [3.63, 3.8) is 0 Å². The number of anilines is 2. The largest absolute Gasteiger partial charge is 0.399 e. The van der Waals surface area contributed by atoms with Crippen molar-refractivity contribution in [1.82, 2.24) is 14.6 Å². The van der Waals surface area contributed by atoms with Gasteiger partial charge < -0.3 is 11.1 Å². The minimum absolute atomic E-state index is 0.262. The van der Waals surface area contributed by atoms with Crippen molar-refractivity contribution in [2.75, 3.05) is 11.1 Å². The van der Waals surface area contributed by atoms with Crippen LogP contribution < -0.4 is 16.6 Å². The van der Waals surface area contributed by atoms with Gasteiger partial charge in [0, 0.05) is 23.6 Å². The Morgan fingerprint density at radius 1 is 1.33 bits per heavy atom. The molecule has 0 saturated heterocycles. The molecule has 0 saturated carbocycles. The lowest BCUT2D eigenvalue weighted by molar-refractivity contribution is 0.102. The van der Waals surface area contributed by atoms with E-state index in [-0.39, 0.29) is 11.5 Å². The second-order valence-electron chi connectivity index (χ2n) is 4.65. The number of nitrogens with two attached hydrogens (primary N) is 1. The SMILES string of the molecule is Cc1c(C(=O)Nc2ccc(N)cc2)cnc2cc(=O)[nH]n12. The fourth-order valence-corrected chi connectivity index (χ4v) is 2.06. The Morgan fingerprint density at radius 2 is 2.05 bits per heavy atom. The van der Waals surface area contributed by atoms with E-state index in [1.807, 2.05) is 0 Å². The van der Waals surface area contributed by atoms with Gasteiger partial charge in [0.15, 0.2) is 5.65 Å². The van der Waals surface area contributed by atoms with Gasteiger partial charge in [0.25, 0.3) is 11.5 Å². The molecule has 106 valence electrons. The van der Waals surface area contributed by atoms with E-state index < -0.39 is 0 Å². The summed E-state index contributed by atoms with van der Waals surface area (Å²) in [5.41, 5.74) is 8.05. The summed E-state index contributed by atoms with van der Waals surface area (Å²) in [6.07, 6.45) is 1.45. The number of H-pyrrole nitrogens is 1. The summed E-state index contributed by atoms with van der Waals surface area (Å²) in [6, 6.07) is 8.20. The van der Waals surface area contributed by atoms with E-state index >= 15 is 0 Å². The molecule has 0 unspecified atom stereocenters. The molecule has 2 heterocycles. The quantitative estimate of drug-likeness (QED) is 0.614. The highest BCUT2D eigenvalue weighted by Crippen LogP contribution is 2.14. The summed E-state index contributed by atoms with van der Waals surface area (Å²) < 4.78 is 1.49. The van der Waals surface area contributed by atoms with Gasteiger partial charge in [-0.3, -0.25) is 14.7 Å². The van der Waals surface area contributed by atoms with Crippen molar-refractivity contribution in [2.45, 2.75) is 6.92 Å². The number of rotatable bonds is 2. The van der Waals surface area contributed by atoms with Gasteiger partial charge in [-0.1, -0.05) is 0 Å². The summed E-state index contributed by atoms with van der Waals surface area (Å²) in [6.45, 7) is 1.74. The zero-order chi connectivity index (χ0) is 15.0. The van der Waals surface area contributed by atoms with Crippen LogP contribution in [0.5, 0.6) is 0 Å². The van der Waals surface area contributed by atoms with Gasteiger partial charge in [-0.25, -0.2) is 9.50 Å². The first-order valence-electron chi connectivity index (χ1n) is 6.29. The highest BCUT2D eigenvalue weighted by molar-refractivity contribution is 6.05. The highest BCUT2D eigenvalue weighted by Gasteiger charge is 2.13. The highest BCUT2D eigenvalue weighted by atomic mass is 16.1. The van der Waals surface area contributed by atoms with Crippen LogP contribution in [0.3, 0.4) is 0 Å².